The van der Waals surface area contributed by atoms with Gasteiger partial charge in [0.15, 0.2) is 0 Å². The second-order valence-corrected chi connectivity index (χ2v) is 7.42. The van der Waals surface area contributed by atoms with Gasteiger partial charge in [0.2, 0.25) is 0 Å². The molecule has 0 amide bonds. The third-order valence-corrected chi connectivity index (χ3v) is 5.66. The highest BCUT2D eigenvalue weighted by Gasteiger charge is 2.34. The molecule has 2 aliphatic rings. The van der Waals surface area contributed by atoms with Crippen molar-refractivity contribution < 1.29 is 0 Å². The molecule has 0 radical (unpaired) electrons. The Bertz CT molecular complexity index is 244. The summed E-state index contributed by atoms with van der Waals surface area (Å²) in [7, 11) is 4.51. The average molecular weight is 266 g/mol. The molecule has 2 nitrogen and oxygen atoms in total. The van der Waals surface area contributed by atoms with Crippen molar-refractivity contribution >= 4 is 0 Å². The predicted octanol–water partition coefficient (Wildman–Crippen LogP) is 3.67. The van der Waals surface area contributed by atoms with E-state index in [1.807, 2.05) is 0 Å². The fraction of sp³-hybridized carbons (Fsp3) is 1.00. The monoisotopic (exact) mass is 266 g/mol. The average Bonchev–Trinajstić information content (AvgIpc) is 2.40. The Morgan fingerprint density at radius 1 is 1.05 bits per heavy atom. The van der Waals surface area contributed by atoms with Crippen LogP contribution in [-0.4, -0.2) is 38.1 Å². The van der Waals surface area contributed by atoms with E-state index in [4.69, 9.17) is 0 Å². The molecule has 2 rings (SSSR count). The van der Waals surface area contributed by atoms with Crippen molar-refractivity contribution in [2.75, 3.05) is 27.2 Å². The van der Waals surface area contributed by atoms with Crippen LogP contribution in [0.1, 0.15) is 64.7 Å². The smallest absolute Gasteiger partial charge is 0.00926 e. The Morgan fingerprint density at radius 3 is 2.26 bits per heavy atom. The SMILES string of the molecule is CNCC1(CN(C)C2CCC(C)CC2)CCCCC1. The summed E-state index contributed by atoms with van der Waals surface area (Å²) in [5, 5.41) is 3.47. The molecule has 0 heterocycles. The zero-order chi connectivity index (χ0) is 13.7. The minimum atomic E-state index is 0.560. The van der Waals surface area contributed by atoms with Gasteiger partial charge in [0.05, 0.1) is 0 Å². The maximum atomic E-state index is 3.47. The maximum absolute atomic E-state index is 3.47. The highest BCUT2D eigenvalue weighted by Crippen LogP contribution is 2.38. The van der Waals surface area contributed by atoms with Crippen LogP contribution in [0.4, 0.5) is 0 Å². The normalized spacial score (nSPS) is 31.6. The van der Waals surface area contributed by atoms with Gasteiger partial charge in [-0.1, -0.05) is 26.2 Å². The Labute approximate surface area is 120 Å². The zero-order valence-corrected chi connectivity index (χ0v) is 13.4. The molecule has 0 aromatic carbocycles. The molecule has 1 N–H and O–H groups in total. The first-order valence-corrected chi connectivity index (χ1v) is 8.50. The molecule has 2 aliphatic carbocycles. The van der Waals surface area contributed by atoms with Crippen LogP contribution in [0.3, 0.4) is 0 Å². The number of nitrogens with one attached hydrogen (secondary N) is 1. The third-order valence-electron chi connectivity index (χ3n) is 5.66. The number of hydrogen-bond donors (Lipinski definition) is 1. The van der Waals surface area contributed by atoms with Gasteiger partial charge in [0, 0.05) is 19.1 Å². The lowest BCUT2D eigenvalue weighted by Gasteiger charge is -2.43. The molecule has 0 aromatic heterocycles. The highest BCUT2D eigenvalue weighted by atomic mass is 15.1. The second kappa shape index (κ2) is 7.08. The van der Waals surface area contributed by atoms with E-state index in [9.17, 15) is 0 Å². The molecule has 0 aromatic rings. The van der Waals surface area contributed by atoms with Gasteiger partial charge < -0.3 is 10.2 Å². The summed E-state index contributed by atoms with van der Waals surface area (Å²) >= 11 is 0. The Balaban J connectivity index is 1.89. The maximum Gasteiger partial charge on any atom is 0.00926 e. The minimum Gasteiger partial charge on any atom is -0.319 e. The molecular weight excluding hydrogens is 232 g/mol. The van der Waals surface area contributed by atoms with Crippen LogP contribution < -0.4 is 5.32 Å². The van der Waals surface area contributed by atoms with Crippen molar-refractivity contribution in [2.24, 2.45) is 11.3 Å². The van der Waals surface area contributed by atoms with E-state index in [0.717, 1.165) is 12.0 Å². The van der Waals surface area contributed by atoms with Gasteiger partial charge in [-0.2, -0.15) is 0 Å². The van der Waals surface area contributed by atoms with E-state index in [1.165, 1.54) is 70.9 Å². The minimum absolute atomic E-state index is 0.560. The van der Waals surface area contributed by atoms with Gasteiger partial charge in [-0.05, 0) is 64.0 Å². The number of hydrogen-bond acceptors (Lipinski definition) is 2. The van der Waals surface area contributed by atoms with E-state index < -0.39 is 0 Å². The van der Waals surface area contributed by atoms with Crippen LogP contribution in [0.25, 0.3) is 0 Å². The lowest BCUT2D eigenvalue weighted by Crippen LogP contribution is -2.47. The fourth-order valence-corrected chi connectivity index (χ4v) is 4.41. The topological polar surface area (TPSA) is 15.3 Å². The summed E-state index contributed by atoms with van der Waals surface area (Å²) < 4.78 is 0. The van der Waals surface area contributed by atoms with Gasteiger partial charge in [0.25, 0.3) is 0 Å². The molecule has 2 saturated carbocycles. The molecule has 2 heteroatoms. The first-order chi connectivity index (χ1) is 9.15. The predicted molar refractivity (Wildman–Crippen MR) is 83.5 cm³/mol. The van der Waals surface area contributed by atoms with Crippen LogP contribution >= 0.6 is 0 Å². The zero-order valence-electron chi connectivity index (χ0n) is 13.4. The first kappa shape index (κ1) is 15.3. The van der Waals surface area contributed by atoms with E-state index in [2.05, 4.69) is 31.2 Å². The quantitative estimate of drug-likeness (QED) is 0.817. The highest BCUT2D eigenvalue weighted by molar-refractivity contribution is 4.89. The molecule has 0 aliphatic heterocycles. The molecular formula is C17H34N2. The summed E-state index contributed by atoms with van der Waals surface area (Å²) in [5.74, 6) is 0.964. The van der Waals surface area contributed by atoms with Crippen LogP contribution in [-0.2, 0) is 0 Å². The molecule has 112 valence electrons. The number of nitrogens with zero attached hydrogens (tertiary/aromatic N) is 1. The fourth-order valence-electron chi connectivity index (χ4n) is 4.41. The van der Waals surface area contributed by atoms with E-state index in [1.54, 1.807) is 0 Å². The van der Waals surface area contributed by atoms with Gasteiger partial charge >= 0.3 is 0 Å². The molecule has 19 heavy (non-hydrogen) atoms. The molecule has 2 fully saturated rings. The van der Waals surface area contributed by atoms with Crippen molar-refractivity contribution in [1.82, 2.24) is 10.2 Å². The molecule has 0 atom stereocenters. The van der Waals surface area contributed by atoms with E-state index in [0.29, 0.717) is 5.41 Å². The Kier molecular flexibility index (Phi) is 5.70. The lowest BCUT2D eigenvalue weighted by atomic mass is 9.73. The summed E-state index contributed by atoms with van der Waals surface area (Å²) in [6.45, 7) is 4.94. The van der Waals surface area contributed by atoms with Crippen LogP contribution in [0.15, 0.2) is 0 Å². The van der Waals surface area contributed by atoms with E-state index in [-0.39, 0.29) is 0 Å². The van der Waals surface area contributed by atoms with Gasteiger partial charge in [-0.25, -0.2) is 0 Å². The second-order valence-electron chi connectivity index (χ2n) is 7.42. The summed E-state index contributed by atoms with van der Waals surface area (Å²) in [6, 6.07) is 0.854. The van der Waals surface area contributed by atoms with Gasteiger partial charge in [0.1, 0.15) is 0 Å². The summed E-state index contributed by atoms with van der Waals surface area (Å²) in [6.07, 6.45) is 12.9. The third kappa shape index (κ3) is 4.19. The largest absolute Gasteiger partial charge is 0.319 e. The Hall–Kier alpha value is -0.0800. The van der Waals surface area contributed by atoms with Gasteiger partial charge in [-0.3, -0.25) is 0 Å². The van der Waals surface area contributed by atoms with E-state index >= 15 is 0 Å². The van der Waals surface area contributed by atoms with Crippen LogP contribution in [0.2, 0.25) is 0 Å². The molecule has 0 unspecified atom stereocenters. The summed E-state index contributed by atoms with van der Waals surface area (Å²) in [5.41, 5.74) is 0.560. The van der Waals surface area contributed by atoms with Crippen molar-refractivity contribution in [3.05, 3.63) is 0 Å². The molecule has 0 bridgehead atoms. The van der Waals surface area contributed by atoms with Crippen molar-refractivity contribution in [3.63, 3.8) is 0 Å². The van der Waals surface area contributed by atoms with Crippen molar-refractivity contribution in [3.8, 4) is 0 Å². The first-order valence-electron chi connectivity index (χ1n) is 8.50. The van der Waals surface area contributed by atoms with Crippen molar-refractivity contribution in [2.45, 2.75) is 70.8 Å². The number of rotatable bonds is 5. The van der Waals surface area contributed by atoms with Crippen LogP contribution in [0, 0.1) is 11.3 Å². The summed E-state index contributed by atoms with van der Waals surface area (Å²) in [4.78, 5) is 2.70. The van der Waals surface area contributed by atoms with Crippen LogP contribution in [0.5, 0.6) is 0 Å². The lowest BCUT2D eigenvalue weighted by molar-refractivity contribution is 0.0757. The van der Waals surface area contributed by atoms with Gasteiger partial charge in [-0.15, -0.1) is 0 Å². The molecule has 0 saturated heterocycles. The van der Waals surface area contributed by atoms with Crippen molar-refractivity contribution in [1.29, 1.82) is 0 Å². The standard InChI is InChI=1S/C17H34N2/c1-15-7-9-16(10-8-15)19(3)14-17(13-18-2)11-5-4-6-12-17/h15-16,18H,4-14H2,1-3H3. The molecule has 0 spiro atoms. The Morgan fingerprint density at radius 2 is 1.68 bits per heavy atom.